The Hall–Kier alpha value is -2.57. The molecule has 1 aromatic heterocycles. The van der Waals surface area contributed by atoms with Crippen molar-refractivity contribution in [1.29, 1.82) is 0 Å². The first-order valence-corrected chi connectivity index (χ1v) is 9.64. The lowest BCUT2D eigenvalue weighted by Gasteiger charge is -2.14. The maximum atomic E-state index is 12.5. The predicted octanol–water partition coefficient (Wildman–Crippen LogP) is 4.52. The Bertz CT molecular complexity index is 1030. The zero-order valence-corrected chi connectivity index (χ0v) is 15.8. The molecule has 0 aliphatic carbocycles. The van der Waals surface area contributed by atoms with Crippen LogP contribution in [0.4, 0.5) is 5.69 Å². The van der Waals surface area contributed by atoms with Gasteiger partial charge in [0.15, 0.2) is 0 Å². The van der Waals surface area contributed by atoms with E-state index in [9.17, 15) is 8.42 Å². The highest BCUT2D eigenvalue weighted by Gasteiger charge is 2.16. The summed E-state index contributed by atoms with van der Waals surface area (Å²) in [6, 6.07) is 13.0. The molecule has 3 aromatic rings. The van der Waals surface area contributed by atoms with Gasteiger partial charge in [-0.2, -0.15) is 0 Å². The molecule has 0 saturated heterocycles. The molecule has 0 atom stereocenters. The van der Waals surface area contributed by atoms with Gasteiger partial charge < -0.3 is 4.74 Å². The number of nitrogens with zero attached hydrogens (tertiary/aromatic N) is 1. The summed E-state index contributed by atoms with van der Waals surface area (Å²) in [6.45, 7) is 1.98. The van der Waals surface area contributed by atoms with E-state index in [1.807, 2.05) is 19.1 Å². The van der Waals surface area contributed by atoms with E-state index in [4.69, 9.17) is 16.3 Å². The highest BCUT2D eigenvalue weighted by Crippen LogP contribution is 2.34. The molecule has 0 aliphatic heterocycles. The molecule has 0 bridgehead atoms. The van der Waals surface area contributed by atoms with Crippen LogP contribution < -0.4 is 9.46 Å². The highest BCUT2D eigenvalue weighted by molar-refractivity contribution is 7.92. The van der Waals surface area contributed by atoms with E-state index >= 15 is 0 Å². The lowest BCUT2D eigenvalue weighted by atomic mass is 10.0. The topological polar surface area (TPSA) is 68.3 Å². The van der Waals surface area contributed by atoms with Gasteiger partial charge in [-0.25, -0.2) is 8.42 Å². The van der Waals surface area contributed by atoms with Crippen LogP contribution in [0.25, 0.3) is 11.1 Å². The summed E-state index contributed by atoms with van der Waals surface area (Å²) >= 11 is 5.81. The fourth-order valence-corrected chi connectivity index (χ4v) is 3.73. The first-order chi connectivity index (χ1) is 12.4. The van der Waals surface area contributed by atoms with Gasteiger partial charge in [0.1, 0.15) is 5.75 Å². The molecule has 7 heteroatoms. The number of rotatable bonds is 5. The molecule has 0 spiro atoms. The average Bonchev–Trinajstić information content (AvgIpc) is 2.62. The second-order valence-electron chi connectivity index (χ2n) is 5.67. The second-order valence-corrected chi connectivity index (χ2v) is 7.78. The van der Waals surface area contributed by atoms with Gasteiger partial charge in [-0.1, -0.05) is 11.6 Å². The van der Waals surface area contributed by atoms with Gasteiger partial charge in [-0.3, -0.25) is 9.71 Å². The molecule has 134 valence electrons. The lowest BCUT2D eigenvalue weighted by molar-refractivity contribution is 0.416. The third-order valence-corrected chi connectivity index (χ3v) is 5.56. The Morgan fingerprint density at radius 2 is 1.77 bits per heavy atom. The van der Waals surface area contributed by atoms with E-state index < -0.39 is 10.0 Å². The number of ether oxygens (including phenoxy) is 1. The van der Waals surface area contributed by atoms with E-state index in [0.29, 0.717) is 16.5 Å². The summed E-state index contributed by atoms with van der Waals surface area (Å²) in [5.41, 5.74) is 3.22. The van der Waals surface area contributed by atoms with Crippen LogP contribution in [0.15, 0.2) is 65.8 Å². The van der Waals surface area contributed by atoms with Crippen LogP contribution >= 0.6 is 11.6 Å². The zero-order chi connectivity index (χ0) is 18.7. The van der Waals surface area contributed by atoms with Crippen molar-refractivity contribution in [3.63, 3.8) is 0 Å². The van der Waals surface area contributed by atoms with Crippen molar-refractivity contribution in [1.82, 2.24) is 4.98 Å². The Balaban J connectivity index is 1.95. The number of methoxy groups -OCH3 is 1. The van der Waals surface area contributed by atoms with Crippen LogP contribution in [0.1, 0.15) is 5.56 Å². The van der Waals surface area contributed by atoms with E-state index in [2.05, 4.69) is 9.71 Å². The summed E-state index contributed by atoms with van der Waals surface area (Å²) in [6.07, 6.45) is 3.48. The van der Waals surface area contributed by atoms with Crippen molar-refractivity contribution < 1.29 is 13.2 Å². The normalized spacial score (nSPS) is 11.2. The molecule has 0 unspecified atom stereocenters. The third kappa shape index (κ3) is 3.81. The summed E-state index contributed by atoms with van der Waals surface area (Å²) in [5, 5.41) is 0.474. The minimum absolute atomic E-state index is 0.132. The number of aryl methyl sites for hydroxylation is 1. The van der Waals surface area contributed by atoms with E-state index in [0.717, 1.165) is 16.7 Å². The van der Waals surface area contributed by atoms with Crippen LogP contribution in [-0.4, -0.2) is 20.5 Å². The monoisotopic (exact) mass is 388 g/mol. The van der Waals surface area contributed by atoms with Crippen molar-refractivity contribution in [3.05, 3.63) is 71.5 Å². The Morgan fingerprint density at radius 3 is 2.42 bits per heavy atom. The number of benzene rings is 2. The maximum Gasteiger partial charge on any atom is 0.261 e. The number of hydrogen-bond acceptors (Lipinski definition) is 4. The summed E-state index contributed by atoms with van der Waals surface area (Å²) in [7, 11) is -2.17. The van der Waals surface area contributed by atoms with Crippen LogP contribution in [-0.2, 0) is 10.0 Å². The Kier molecular flexibility index (Phi) is 5.15. The van der Waals surface area contributed by atoms with Crippen LogP contribution in [0, 0.1) is 6.92 Å². The van der Waals surface area contributed by atoms with Gasteiger partial charge in [0, 0.05) is 34.6 Å². The van der Waals surface area contributed by atoms with Gasteiger partial charge in [-0.05, 0) is 55.0 Å². The summed E-state index contributed by atoms with van der Waals surface area (Å²) in [5.74, 6) is 0.553. The maximum absolute atomic E-state index is 12.5. The van der Waals surface area contributed by atoms with E-state index in [1.165, 1.54) is 24.3 Å². The van der Waals surface area contributed by atoms with Crippen molar-refractivity contribution in [3.8, 4) is 16.9 Å². The Labute approximate surface area is 157 Å². The average molecular weight is 389 g/mol. The molecular formula is C19H17ClN2O3S. The molecule has 0 amide bonds. The van der Waals surface area contributed by atoms with Crippen molar-refractivity contribution in [2.45, 2.75) is 11.8 Å². The van der Waals surface area contributed by atoms with Crippen LogP contribution in [0.5, 0.6) is 5.75 Å². The van der Waals surface area contributed by atoms with Gasteiger partial charge in [0.25, 0.3) is 10.0 Å². The summed E-state index contributed by atoms with van der Waals surface area (Å²) in [4.78, 5) is 4.28. The number of halogens is 1. The third-order valence-electron chi connectivity index (χ3n) is 3.91. The fraction of sp³-hybridized carbons (Fsp3) is 0.105. The molecular weight excluding hydrogens is 372 g/mol. The highest BCUT2D eigenvalue weighted by atomic mass is 35.5. The first-order valence-electron chi connectivity index (χ1n) is 7.78. The number of pyridine rings is 1. The molecule has 0 radical (unpaired) electrons. The van der Waals surface area contributed by atoms with Crippen molar-refractivity contribution in [2.24, 2.45) is 0 Å². The number of aromatic nitrogens is 1. The van der Waals surface area contributed by atoms with Gasteiger partial charge in [0.2, 0.25) is 0 Å². The lowest BCUT2D eigenvalue weighted by Crippen LogP contribution is -2.12. The van der Waals surface area contributed by atoms with Crippen LogP contribution in [0.3, 0.4) is 0 Å². The number of hydrogen-bond donors (Lipinski definition) is 1. The molecule has 0 fully saturated rings. The van der Waals surface area contributed by atoms with Crippen molar-refractivity contribution in [2.75, 3.05) is 11.8 Å². The standard InChI is InChI=1S/C19H17ClN2O3S/c1-13-9-10-21-12-18(13)17-8-5-15(11-19(17)25-2)22-26(23,24)16-6-3-14(20)4-7-16/h3-12,22H,1-2H3. The molecule has 2 aromatic carbocycles. The molecule has 26 heavy (non-hydrogen) atoms. The number of nitrogens with one attached hydrogen (secondary N) is 1. The molecule has 0 saturated carbocycles. The van der Waals surface area contributed by atoms with Gasteiger partial charge in [0.05, 0.1) is 17.7 Å². The molecule has 5 nitrogen and oxygen atoms in total. The Morgan fingerprint density at radius 1 is 1.04 bits per heavy atom. The number of sulfonamides is 1. The fourth-order valence-electron chi connectivity index (χ4n) is 2.55. The smallest absolute Gasteiger partial charge is 0.261 e. The van der Waals surface area contributed by atoms with Gasteiger partial charge in [-0.15, -0.1) is 0 Å². The van der Waals surface area contributed by atoms with Gasteiger partial charge >= 0.3 is 0 Å². The van der Waals surface area contributed by atoms with Crippen molar-refractivity contribution >= 4 is 27.3 Å². The summed E-state index contributed by atoms with van der Waals surface area (Å²) < 4.78 is 33.0. The minimum Gasteiger partial charge on any atom is -0.496 e. The molecule has 1 heterocycles. The molecule has 0 aliphatic rings. The largest absolute Gasteiger partial charge is 0.496 e. The second kappa shape index (κ2) is 7.35. The zero-order valence-electron chi connectivity index (χ0n) is 14.2. The van der Waals surface area contributed by atoms with Crippen LogP contribution in [0.2, 0.25) is 5.02 Å². The molecule has 1 N–H and O–H groups in total. The first kappa shape index (κ1) is 18.2. The van der Waals surface area contributed by atoms with E-state index in [-0.39, 0.29) is 4.90 Å². The quantitative estimate of drug-likeness (QED) is 0.697. The number of anilines is 1. The predicted molar refractivity (Wildman–Crippen MR) is 103 cm³/mol. The molecule has 3 rings (SSSR count). The van der Waals surface area contributed by atoms with E-state index in [1.54, 1.807) is 31.6 Å². The SMILES string of the molecule is COc1cc(NS(=O)(=O)c2ccc(Cl)cc2)ccc1-c1cnccc1C. The minimum atomic E-state index is -3.72.